The van der Waals surface area contributed by atoms with Crippen molar-refractivity contribution in [1.29, 1.82) is 0 Å². The normalized spacial score (nSPS) is 20.5. The maximum Gasteiger partial charge on any atom is 0.236 e. The number of rotatable bonds is 7. The summed E-state index contributed by atoms with van der Waals surface area (Å²) in [6.07, 6.45) is 0. The van der Waals surface area contributed by atoms with Crippen molar-refractivity contribution in [2.45, 2.75) is 5.92 Å². The second-order valence-electron chi connectivity index (χ2n) is 9.09. The number of hydrogen-bond acceptors (Lipinski definition) is 4. The summed E-state index contributed by atoms with van der Waals surface area (Å²) in [6.45, 7) is 1.02. The number of Topliss-reactive ketones (excluding diaryl/α,β-unsaturated/α-hetero) is 2. The zero-order chi connectivity index (χ0) is 24.1. The molecule has 0 radical (unpaired) electrons. The van der Waals surface area contributed by atoms with E-state index in [0.717, 1.165) is 5.56 Å². The second-order valence-corrected chi connectivity index (χ2v) is 9.09. The van der Waals surface area contributed by atoms with E-state index in [1.165, 1.54) is 0 Å². The highest BCUT2D eigenvalue weighted by molar-refractivity contribution is 6.02. The number of likely N-dealkylation sites (tertiary alicyclic amines) is 1. The van der Waals surface area contributed by atoms with E-state index in [1.807, 2.05) is 95.9 Å². The predicted molar refractivity (Wildman–Crippen MR) is 133 cm³/mol. The number of nitrogens with zero attached hydrogens (tertiary/aromatic N) is 2. The van der Waals surface area contributed by atoms with Crippen molar-refractivity contribution in [2.75, 3.05) is 33.7 Å². The molecule has 0 N–H and O–H groups in total. The Bertz CT molecular complexity index is 1070. The van der Waals surface area contributed by atoms with Gasteiger partial charge in [0.15, 0.2) is 11.6 Å². The molecular formula is C29H30N2O3. The number of hydrogen-bond donors (Lipinski definition) is 0. The van der Waals surface area contributed by atoms with E-state index in [0.29, 0.717) is 24.2 Å². The van der Waals surface area contributed by atoms with E-state index in [4.69, 9.17) is 0 Å². The Labute approximate surface area is 201 Å². The van der Waals surface area contributed by atoms with E-state index in [1.54, 1.807) is 19.0 Å². The van der Waals surface area contributed by atoms with Gasteiger partial charge in [0.25, 0.3) is 0 Å². The Balaban J connectivity index is 1.78. The molecule has 1 unspecified atom stereocenters. The fourth-order valence-electron chi connectivity index (χ4n) is 4.87. The molecule has 0 spiro atoms. The third kappa shape index (κ3) is 5.15. The van der Waals surface area contributed by atoms with Gasteiger partial charge in [-0.2, -0.15) is 0 Å². The van der Waals surface area contributed by atoms with Crippen molar-refractivity contribution in [2.24, 2.45) is 11.8 Å². The van der Waals surface area contributed by atoms with Crippen LogP contribution in [0, 0.1) is 11.8 Å². The molecule has 5 nitrogen and oxygen atoms in total. The van der Waals surface area contributed by atoms with Gasteiger partial charge in [-0.25, -0.2) is 0 Å². The Kier molecular flexibility index (Phi) is 7.33. The van der Waals surface area contributed by atoms with E-state index in [2.05, 4.69) is 0 Å². The van der Waals surface area contributed by atoms with Crippen LogP contribution in [0.5, 0.6) is 0 Å². The first-order chi connectivity index (χ1) is 16.5. The Hall–Kier alpha value is -3.57. The summed E-state index contributed by atoms with van der Waals surface area (Å²) in [5.74, 6) is -1.23. The molecule has 3 atom stereocenters. The van der Waals surface area contributed by atoms with Crippen LogP contribution in [0.4, 0.5) is 0 Å². The summed E-state index contributed by atoms with van der Waals surface area (Å²) in [5, 5.41) is 0. The van der Waals surface area contributed by atoms with Crippen molar-refractivity contribution in [3.8, 4) is 0 Å². The fraction of sp³-hybridized carbons (Fsp3) is 0.276. The van der Waals surface area contributed by atoms with Crippen LogP contribution in [0.2, 0.25) is 0 Å². The monoisotopic (exact) mass is 454 g/mol. The largest absolute Gasteiger partial charge is 0.348 e. The molecule has 4 rings (SSSR count). The molecule has 0 saturated carbocycles. The van der Waals surface area contributed by atoms with Crippen LogP contribution in [0.1, 0.15) is 32.2 Å². The molecule has 3 aromatic carbocycles. The Morgan fingerprint density at radius 1 is 0.706 bits per heavy atom. The van der Waals surface area contributed by atoms with Gasteiger partial charge in [0.05, 0.1) is 6.54 Å². The lowest BCUT2D eigenvalue weighted by atomic mass is 9.68. The maximum atomic E-state index is 13.8. The molecule has 1 heterocycles. The number of piperidine rings is 1. The van der Waals surface area contributed by atoms with Crippen molar-refractivity contribution >= 4 is 17.5 Å². The summed E-state index contributed by atoms with van der Waals surface area (Å²) < 4.78 is 0. The van der Waals surface area contributed by atoms with Crippen molar-refractivity contribution < 1.29 is 14.4 Å². The zero-order valence-corrected chi connectivity index (χ0v) is 19.6. The van der Waals surface area contributed by atoms with E-state index in [-0.39, 0.29) is 29.9 Å². The van der Waals surface area contributed by atoms with Gasteiger partial charge < -0.3 is 4.90 Å². The van der Waals surface area contributed by atoms with Gasteiger partial charge >= 0.3 is 0 Å². The molecule has 0 aromatic heterocycles. The SMILES string of the molecule is CN(C)C(=O)CN1C[C@H](C(=O)c2ccccc2)C(c2ccccc2)[C@H](C(=O)c2ccccc2)C1. The van der Waals surface area contributed by atoms with Crippen LogP contribution in [-0.2, 0) is 4.79 Å². The number of carbonyl (C=O) groups excluding carboxylic acids is 3. The minimum atomic E-state index is -0.453. The van der Waals surface area contributed by atoms with Gasteiger partial charge in [0.1, 0.15) is 0 Å². The lowest BCUT2D eigenvalue weighted by Crippen LogP contribution is -2.52. The van der Waals surface area contributed by atoms with Gasteiger partial charge in [-0.3, -0.25) is 19.3 Å². The molecule has 1 saturated heterocycles. The second kappa shape index (κ2) is 10.6. The first kappa shape index (κ1) is 23.6. The van der Waals surface area contributed by atoms with Gasteiger partial charge in [-0.1, -0.05) is 91.0 Å². The number of amides is 1. The third-order valence-electron chi connectivity index (χ3n) is 6.61. The van der Waals surface area contributed by atoms with Crippen LogP contribution >= 0.6 is 0 Å². The first-order valence-electron chi connectivity index (χ1n) is 11.6. The minimum Gasteiger partial charge on any atom is -0.348 e. The Morgan fingerprint density at radius 2 is 1.12 bits per heavy atom. The highest BCUT2D eigenvalue weighted by Crippen LogP contribution is 2.40. The Morgan fingerprint density at radius 3 is 1.53 bits per heavy atom. The summed E-state index contributed by atoms with van der Waals surface area (Å²) in [4.78, 5) is 43.7. The number of ketones is 2. The smallest absolute Gasteiger partial charge is 0.236 e. The summed E-state index contributed by atoms with van der Waals surface area (Å²) in [6, 6.07) is 28.3. The van der Waals surface area contributed by atoms with Gasteiger partial charge in [0.2, 0.25) is 5.91 Å². The van der Waals surface area contributed by atoms with Crippen molar-refractivity contribution in [1.82, 2.24) is 9.80 Å². The third-order valence-corrected chi connectivity index (χ3v) is 6.61. The molecule has 174 valence electrons. The minimum absolute atomic E-state index is 0.00215. The highest BCUT2D eigenvalue weighted by atomic mass is 16.2. The molecular weight excluding hydrogens is 424 g/mol. The fourth-order valence-corrected chi connectivity index (χ4v) is 4.87. The summed E-state index contributed by atoms with van der Waals surface area (Å²) in [7, 11) is 3.44. The lowest BCUT2D eigenvalue weighted by molar-refractivity contribution is -0.130. The van der Waals surface area contributed by atoms with Gasteiger partial charge in [-0.05, 0) is 5.56 Å². The van der Waals surface area contributed by atoms with Crippen LogP contribution in [0.15, 0.2) is 91.0 Å². The molecule has 0 bridgehead atoms. The van der Waals surface area contributed by atoms with Crippen LogP contribution in [0.3, 0.4) is 0 Å². The molecule has 1 fully saturated rings. The standard InChI is InChI=1S/C29H30N2O3/c1-30(2)26(32)20-31-18-24(28(33)22-14-8-4-9-15-22)27(21-12-6-3-7-13-21)25(19-31)29(34)23-16-10-5-11-17-23/h3-17,24-25,27H,18-20H2,1-2H3/t24-,25+,27?. The van der Waals surface area contributed by atoms with E-state index < -0.39 is 11.8 Å². The maximum absolute atomic E-state index is 13.8. The molecule has 0 aliphatic carbocycles. The van der Waals surface area contributed by atoms with Gasteiger partial charge in [0, 0.05) is 56.1 Å². The average molecular weight is 455 g/mol. The quantitative estimate of drug-likeness (QED) is 0.503. The average Bonchev–Trinajstić information content (AvgIpc) is 2.88. The lowest BCUT2D eigenvalue weighted by Gasteiger charge is -2.43. The number of benzene rings is 3. The number of carbonyl (C=O) groups is 3. The van der Waals surface area contributed by atoms with Crippen molar-refractivity contribution in [3.05, 3.63) is 108 Å². The molecule has 5 heteroatoms. The topological polar surface area (TPSA) is 57.7 Å². The van der Waals surface area contributed by atoms with Gasteiger partial charge in [-0.15, -0.1) is 0 Å². The zero-order valence-electron chi connectivity index (χ0n) is 19.6. The molecule has 1 aliphatic rings. The first-order valence-corrected chi connectivity index (χ1v) is 11.6. The molecule has 1 aliphatic heterocycles. The van der Waals surface area contributed by atoms with Crippen LogP contribution in [0.25, 0.3) is 0 Å². The predicted octanol–water partition coefficient (Wildman–Crippen LogP) is 4.17. The van der Waals surface area contributed by atoms with Crippen LogP contribution in [-0.4, -0.2) is 61.0 Å². The van der Waals surface area contributed by atoms with Crippen LogP contribution < -0.4 is 0 Å². The van der Waals surface area contributed by atoms with E-state index >= 15 is 0 Å². The highest BCUT2D eigenvalue weighted by Gasteiger charge is 2.45. The van der Waals surface area contributed by atoms with Crippen molar-refractivity contribution in [3.63, 3.8) is 0 Å². The summed E-state index contributed by atoms with van der Waals surface area (Å²) >= 11 is 0. The molecule has 3 aromatic rings. The molecule has 34 heavy (non-hydrogen) atoms. The molecule has 1 amide bonds. The number of likely N-dealkylation sites (N-methyl/N-ethyl adjacent to an activating group) is 1. The summed E-state index contributed by atoms with van der Waals surface area (Å²) in [5.41, 5.74) is 2.23. The van der Waals surface area contributed by atoms with E-state index in [9.17, 15) is 14.4 Å².